The summed E-state index contributed by atoms with van der Waals surface area (Å²) in [5.74, 6) is 2.17. The van der Waals surface area contributed by atoms with Crippen molar-refractivity contribution in [2.45, 2.75) is 25.9 Å². The van der Waals surface area contributed by atoms with E-state index in [-0.39, 0.29) is 5.91 Å². The van der Waals surface area contributed by atoms with Gasteiger partial charge in [-0.15, -0.1) is 0 Å². The van der Waals surface area contributed by atoms with Crippen molar-refractivity contribution >= 4 is 17.7 Å². The minimum Gasteiger partial charge on any atom is -0.337 e. The van der Waals surface area contributed by atoms with Gasteiger partial charge in [-0.05, 0) is 25.4 Å². The number of nitrogens with one attached hydrogen (secondary N) is 1. The molecule has 1 atom stereocenters. The van der Waals surface area contributed by atoms with Gasteiger partial charge in [0.15, 0.2) is 5.82 Å². The molecule has 7 heteroatoms. The van der Waals surface area contributed by atoms with E-state index in [4.69, 9.17) is 5.73 Å². The summed E-state index contributed by atoms with van der Waals surface area (Å²) in [5, 5.41) is 6.73. The van der Waals surface area contributed by atoms with Crippen molar-refractivity contribution in [1.82, 2.24) is 20.1 Å². The van der Waals surface area contributed by atoms with E-state index >= 15 is 0 Å². The number of rotatable bonds is 6. The van der Waals surface area contributed by atoms with Gasteiger partial charge in [0.2, 0.25) is 5.91 Å². The molecule has 0 aliphatic carbocycles. The molecule has 3 N–H and O–H groups in total. The molecule has 1 amide bonds. The number of aryl methyl sites for hydroxylation is 1. The van der Waals surface area contributed by atoms with Crippen molar-refractivity contribution in [3.05, 3.63) is 11.6 Å². The molecule has 0 saturated carbocycles. The van der Waals surface area contributed by atoms with Crippen molar-refractivity contribution in [3.8, 4) is 0 Å². The number of hydrogen-bond acceptors (Lipinski definition) is 5. The Balaban J connectivity index is 2.46. The first-order valence-corrected chi connectivity index (χ1v) is 6.81. The van der Waals surface area contributed by atoms with Gasteiger partial charge >= 0.3 is 0 Å². The van der Waals surface area contributed by atoms with Gasteiger partial charge in [0, 0.05) is 7.05 Å². The van der Waals surface area contributed by atoms with E-state index in [1.165, 1.54) is 0 Å². The Kier molecular flexibility index (Phi) is 5.43. The Bertz CT molecular complexity index is 367. The quantitative estimate of drug-likeness (QED) is 0.757. The van der Waals surface area contributed by atoms with E-state index in [9.17, 15) is 4.79 Å². The summed E-state index contributed by atoms with van der Waals surface area (Å²) in [7, 11) is 1.72. The van der Waals surface area contributed by atoms with Crippen molar-refractivity contribution in [1.29, 1.82) is 0 Å². The molecule has 6 nitrogen and oxygen atoms in total. The van der Waals surface area contributed by atoms with E-state index in [1.807, 2.05) is 13.2 Å². The summed E-state index contributed by atoms with van der Waals surface area (Å²) >= 11 is 1.69. The molecule has 0 spiro atoms. The third-order valence-corrected chi connectivity index (χ3v) is 2.99. The molecule has 96 valence electrons. The average Bonchev–Trinajstić information content (AvgIpc) is 2.70. The number of nitrogens with two attached hydrogens (primary N) is 1. The Labute approximate surface area is 105 Å². The lowest BCUT2D eigenvalue weighted by atomic mass is 10.2. The first-order chi connectivity index (χ1) is 8.04. The van der Waals surface area contributed by atoms with Crippen molar-refractivity contribution in [2.75, 3.05) is 19.1 Å². The number of carbonyl (C=O) groups excluding carboxylic acids is 1. The molecule has 17 heavy (non-hydrogen) atoms. The molecule has 0 saturated heterocycles. The lowest BCUT2D eigenvalue weighted by Crippen LogP contribution is -2.41. The van der Waals surface area contributed by atoms with Gasteiger partial charge in [0.25, 0.3) is 0 Å². The van der Waals surface area contributed by atoms with Crippen LogP contribution < -0.4 is 5.73 Å². The number of amides is 1. The molecule has 0 aromatic carbocycles. The Morgan fingerprint density at radius 3 is 2.88 bits per heavy atom. The van der Waals surface area contributed by atoms with Crippen LogP contribution in [0.25, 0.3) is 0 Å². The van der Waals surface area contributed by atoms with Gasteiger partial charge in [-0.1, -0.05) is 0 Å². The van der Waals surface area contributed by atoms with Crippen LogP contribution in [0.4, 0.5) is 0 Å². The molecular weight excluding hydrogens is 238 g/mol. The van der Waals surface area contributed by atoms with Crippen LogP contribution in [-0.2, 0) is 11.3 Å². The van der Waals surface area contributed by atoms with Gasteiger partial charge in [-0.3, -0.25) is 9.89 Å². The summed E-state index contributed by atoms with van der Waals surface area (Å²) < 4.78 is 0. The zero-order valence-electron chi connectivity index (χ0n) is 10.4. The maximum Gasteiger partial charge on any atom is 0.239 e. The Morgan fingerprint density at radius 1 is 1.65 bits per heavy atom. The van der Waals surface area contributed by atoms with E-state index in [0.29, 0.717) is 18.8 Å². The van der Waals surface area contributed by atoms with Crippen LogP contribution in [0.2, 0.25) is 0 Å². The summed E-state index contributed by atoms with van der Waals surface area (Å²) in [6.45, 7) is 2.21. The minimum atomic E-state index is -0.438. The number of nitrogens with zero attached hydrogens (tertiary/aromatic N) is 3. The topological polar surface area (TPSA) is 87.9 Å². The van der Waals surface area contributed by atoms with Crippen molar-refractivity contribution in [2.24, 2.45) is 5.73 Å². The third kappa shape index (κ3) is 4.35. The highest BCUT2D eigenvalue weighted by atomic mass is 32.2. The third-order valence-electron chi connectivity index (χ3n) is 2.35. The lowest BCUT2D eigenvalue weighted by Gasteiger charge is -2.19. The van der Waals surface area contributed by atoms with E-state index in [1.54, 1.807) is 23.7 Å². The van der Waals surface area contributed by atoms with Crippen molar-refractivity contribution in [3.63, 3.8) is 0 Å². The summed E-state index contributed by atoms with van der Waals surface area (Å²) in [6, 6.07) is -0.438. The van der Waals surface area contributed by atoms with Crippen LogP contribution >= 0.6 is 11.8 Å². The van der Waals surface area contributed by atoms with Gasteiger partial charge in [0.05, 0.1) is 12.6 Å². The van der Waals surface area contributed by atoms with E-state index < -0.39 is 6.04 Å². The normalized spacial score (nSPS) is 12.5. The molecule has 0 radical (unpaired) electrons. The number of likely N-dealkylation sites (N-methyl/N-ethyl adjacent to an activating group) is 1. The highest BCUT2D eigenvalue weighted by Crippen LogP contribution is 2.04. The zero-order valence-corrected chi connectivity index (χ0v) is 11.3. The van der Waals surface area contributed by atoms with Gasteiger partial charge in [-0.2, -0.15) is 16.9 Å². The Morgan fingerprint density at radius 2 is 2.35 bits per heavy atom. The summed E-state index contributed by atoms with van der Waals surface area (Å²) in [5.41, 5.74) is 5.81. The van der Waals surface area contributed by atoms with Gasteiger partial charge in [-0.25, -0.2) is 4.98 Å². The molecule has 0 aliphatic rings. The van der Waals surface area contributed by atoms with E-state index in [0.717, 1.165) is 11.6 Å². The summed E-state index contributed by atoms with van der Waals surface area (Å²) in [6.07, 6.45) is 2.69. The second-order valence-electron chi connectivity index (χ2n) is 3.92. The van der Waals surface area contributed by atoms with E-state index in [2.05, 4.69) is 15.2 Å². The molecule has 1 aromatic rings. The number of thioether (sulfide) groups is 1. The number of aromatic amines is 1. The number of hydrogen-bond donors (Lipinski definition) is 2. The van der Waals surface area contributed by atoms with Crippen LogP contribution in [0.15, 0.2) is 0 Å². The largest absolute Gasteiger partial charge is 0.337 e. The van der Waals surface area contributed by atoms with Gasteiger partial charge in [0.1, 0.15) is 5.82 Å². The van der Waals surface area contributed by atoms with Crippen LogP contribution in [-0.4, -0.2) is 51.1 Å². The minimum absolute atomic E-state index is 0.0681. The summed E-state index contributed by atoms with van der Waals surface area (Å²) in [4.78, 5) is 17.6. The molecule has 1 heterocycles. The molecule has 0 fully saturated rings. The fourth-order valence-corrected chi connectivity index (χ4v) is 1.89. The zero-order chi connectivity index (χ0) is 12.8. The SMILES string of the molecule is CSCC[C@@H](N)C(=O)N(C)Cc1n[nH]c(C)n1. The Hall–Kier alpha value is -1.08. The first-order valence-electron chi connectivity index (χ1n) is 5.42. The second-order valence-corrected chi connectivity index (χ2v) is 4.90. The average molecular weight is 257 g/mol. The van der Waals surface area contributed by atoms with Gasteiger partial charge < -0.3 is 10.6 Å². The first kappa shape index (κ1) is 14.0. The van der Waals surface area contributed by atoms with Crippen LogP contribution in [0.1, 0.15) is 18.1 Å². The second kappa shape index (κ2) is 6.61. The molecule has 1 aromatic heterocycles. The highest BCUT2D eigenvalue weighted by molar-refractivity contribution is 7.98. The predicted octanol–water partition coefficient (Wildman–Crippen LogP) is 0.152. The standard InChI is InChI=1S/C10H19N5OS/c1-7-12-9(14-13-7)6-15(2)10(16)8(11)4-5-17-3/h8H,4-6,11H2,1-3H3,(H,12,13,14)/t8-/m1/s1. The molecule has 1 rings (SSSR count). The fourth-order valence-electron chi connectivity index (χ4n) is 1.40. The molecule has 0 aliphatic heterocycles. The number of aromatic nitrogens is 3. The monoisotopic (exact) mass is 257 g/mol. The van der Waals surface area contributed by atoms with Crippen LogP contribution in [0.3, 0.4) is 0 Å². The fraction of sp³-hybridized carbons (Fsp3) is 0.700. The number of H-pyrrole nitrogens is 1. The smallest absolute Gasteiger partial charge is 0.239 e. The predicted molar refractivity (Wildman–Crippen MR) is 68.6 cm³/mol. The highest BCUT2D eigenvalue weighted by Gasteiger charge is 2.18. The van der Waals surface area contributed by atoms with Crippen LogP contribution in [0, 0.1) is 6.92 Å². The lowest BCUT2D eigenvalue weighted by molar-refractivity contribution is -0.131. The maximum absolute atomic E-state index is 11.9. The maximum atomic E-state index is 11.9. The molecular formula is C10H19N5OS. The number of carbonyl (C=O) groups is 1. The van der Waals surface area contributed by atoms with Crippen LogP contribution in [0.5, 0.6) is 0 Å². The molecule has 0 unspecified atom stereocenters. The van der Waals surface area contributed by atoms with Crippen molar-refractivity contribution < 1.29 is 4.79 Å². The molecule has 0 bridgehead atoms.